The molecule has 2 aromatic rings. The van der Waals surface area contributed by atoms with E-state index in [0.717, 1.165) is 5.56 Å². The van der Waals surface area contributed by atoms with Crippen molar-refractivity contribution in [3.63, 3.8) is 0 Å². The van der Waals surface area contributed by atoms with Crippen molar-refractivity contribution >= 4 is 5.91 Å². The molecule has 0 spiro atoms. The van der Waals surface area contributed by atoms with Gasteiger partial charge in [-0.2, -0.15) is 0 Å². The zero-order valence-electron chi connectivity index (χ0n) is 12.5. The van der Waals surface area contributed by atoms with Crippen LogP contribution in [0.2, 0.25) is 0 Å². The van der Waals surface area contributed by atoms with E-state index in [1.54, 1.807) is 18.5 Å². The van der Waals surface area contributed by atoms with Gasteiger partial charge in [0.2, 0.25) is 0 Å². The fourth-order valence-electron chi connectivity index (χ4n) is 2.66. The van der Waals surface area contributed by atoms with Crippen LogP contribution in [0.5, 0.6) is 5.75 Å². The fraction of sp³-hybridized carbons (Fsp3) is 0.294. The molecule has 1 aliphatic heterocycles. The molecule has 1 aliphatic rings. The first-order valence-electron chi connectivity index (χ1n) is 7.41. The quantitative estimate of drug-likeness (QED) is 0.909. The van der Waals surface area contributed by atoms with Crippen LogP contribution in [-0.4, -0.2) is 40.2 Å². The Morgan fingerprint density at radius 1 is 1.43 bits per heavy atom. The summed E-state index contributed by atoms with van der Waals surface area (Å²) in [5.74, 6) is -0.0300. The predicted molar refractivity (Wildman–Crippen MR) is 81.3 cm³/mol. The first kappa shape index (κ1) is 15.4. The molecule has 0 saturated carbocycles. The van der Waals surface area contributed by atoms with Gasteiger partial charge in [0.25, 0.3) is 5.91 Å². The van der Waals surface area contributed by atoms with Crippen molar-refractivity contribution < 1.29 is 19.0 Å². The summed E-state index contributed by atoms with van der Waals surface area (Å²) < 4.78 is 18.9. The van der Waals surface area contributed by atoms with Gasteiger partial charge in [-0.25, -0.2) is 4.39 Å². The lowest BCUT2D eigenvalue weighted by atomic mass is 10.1. The second-order valence-corrected chi connectivity index (χ2v) is 5.41. The summed E-state index contributed by atoms with van der Waals surface area (Å²) in [4.78, 5) is 18.2. The van der Waals surface area contributed by atoms with Gasteiger partial charge >= 0.3 is 0 Å². The Morgan fingerprint density at radius 3 is 3.04 bits per heavy atom. The molecule has 1 aromatic heterocycles. The molecule has 0 fully saturated rings. The highest BCUT2D eigenvalue weighted by atomic mass is 19.1. The van der Waals surface area contributed by atoms with Crippen LogP contribution in [0.4, 0.5) is 4.39 Å². The summed E-state index contributed by atoms with van der Waals surface area (Å²) in [7, 11) is 0. The van der Waals surface area contributed by atoms with Crippen molar-refractivity contribution in [1.82, 2.24) is 9.88 Å². The number of hydrogen-bond acceptors (Lipinski definition) is 4. The number of hydrogen-bond donors (Lipinski definition) is 1. The molecule has 23 heavy (non-hydrogen) atoms. The zero-order valence-corrected chi connectivity index (χ0v) is 12.5. The van der Waals surface area contributed by atoms with E-state index < -0.39 is 6.10 Å². The van der Waals surface area contributed by atoms with Crippen molar-refractivity contribution in [1.29, 1.82) is 0 Å². The number of halogens is 1. The van der Waals surface area contributed by atoms with E-state index in [4.69, 9.17) is 4.74 Å². The summed E-state index contributed by atoms with van der Waals surface area (Å²) >= 11 is 0. The third-order valence-electron chi connectivity index (χ3n) is 3.75. The Bertz CT molecular complexity index is 693. The normalized spacial score (nSPS) is 15.8. The van der Waals surface area contributed by atoms with E-state index in [1.807, 2.05) is 6.07 Å². The number of aliphatic hydroxyl groups excluding tert-OH is 1. The summed E-state index contributed by atoms with van der Waals surface area (Å²) in [6, 6.07) is 7.90. The van der Waals surface area contributed by atoms with Crippen LogP contribution >= 0.6 is 0 Å². The van der Waals surface area contributed by atoms with Crippen LogP contribution in [0.15, 0.2) is 42.7 Å². The summed E-state index contributed by atoms with van der Waals surface area (Å²) in [6.45, 7) is 0.413. The maximum atomic E-state index is 13.3. The number of carbonyl (C=O) groups excluding carboxylic acids is 1. The summed E-state index contributed by atoms with van der Waals surface area (Å²) in [5.41, 5.74) is 1.56. The first-order chi connectivity index (χ1) is 11.2. The number of fused-ring (bicyclic) bond motifs is 1. The molecule has 6 heteroatoms. The van der Waals surface area contributed by atoms with Crippen LogP contribution < -0.4 is 4.74 Å². The minimum atomic E-state index is -0.685. The van der Waals surface area contributed by atoms with Crippen molar-refractivity contribution in [3.8, 4) is 5.75 Å². The number of ether oxygens (including phenoxy) is 1. The maximum absolute atomic E-state index is 13.3. The average molecular weight is 316 g/mol. The Balaban J connectivity index is 1.72. The lowest BCUT2D eigenvalue weighted by Crippen LogP contribution is -2.42. The Kier molecular flexibility index (Phi) is 4.52. The third-order valence-corrected chi connectivity index (χ3v) is 3.75. The first-order valence-corrected chi connectivity index (χ1v) is 7.41. The number of aliphatic hydroxyl groups is 1. The molecule has 1 amide bonds. The third kappa shape index (κ3) is 3.48. The minimum absolute atomic E-state index is 0.139. The zero-order chi connectivity index (χ0) is 16.2. The number of nitrogens with zero attached hydrogens (tertiary/aromatic N) is 2. The molecule has 0 aliphatic carbocycles. The van der Waals surface area contributed by atoms with E-state index in [9.17, 15) is 14.3 Å². The highest BCUT2D eigenvalue weighted by Crippen LogP contribution is 2.30. The lowest BCUT2D eigenvalue weighted by molar-refractivity contribution is -0.139. The topological polar surface area (TPSA) is 62.7 Å². The molecule has 3 rings (SSSR count). The summed E-state index contributed by atoms with van der Waals surface area (Å²) in [5, 5.41) is 9.22. The monoisotopic (exact) mass is 316 g/mol. The average Bonchev–Trinajstić information content (AvgIpc) is 2.98. The lowest BCUT2D eigenvalue weighted by Gasteiger charge is -2.24. The van der Waals surface area contributed by atoms with Gasteiger partial charge in [-0.1, -0.05) is 6.07 Å². The number of amides is 1. The molecule has 1 unspecified atom stereocenters. The minimum Gasteiger partial charge on any atom is -0.480 e. The highest BCUT2D eigenvalue weighted by molar-refractivity contribution is 5.82. The Hall–Kier alpha value is -2.47. The highest BCUT2D eigenvalue weighted by Gasteiger charge is 2.32. The Morgan fingerprint density at radius 2 is 2.30 bits per heavy atom. The van der Waals surface area contributed by atoms with Gasteiger partial charge in [-0.05, 0) is 29.8 Å². The number of rotatable bonds is 5. The molecule has 2 heterocycles. The maximum Gasteiger partial charge on any atom is 0.264 e. The molecule has 0 radical (unpaired) electrons. The smallest absolute Gasteiger partial charge is 0.264 e. The van der Waals surface area contributed by atoms with Gasteiger partial charge < -0.3 is 14.7 Å². The van der Waals surface area contributed by atoms with Crippen LogP contribution in [0.25, 0.3) is 0 Å². The SMILES string of the molecule is O=C(C1Cc2cc(F)ccc2O1)N(CCO)Cc1cccnc1. The second kappa shape index (κ2) is 6.75. The largest absolute Gasteiger partial charge is 0.480 e. The van der Waals surface area contributed by atoms with Gasteiger partial charge in [-0.15, -0.1) is 0 Å². The predicted octanol–water partition coefficient (Wildman–Crippen LogP) is 1.55. The van der Waals surface area contributed by atoms with Gasteiger partial charge in [0.15, 0.2) is 6.10 Å². The number of carbonyl (C=O) groups is 1. The molecular formula is C17H17FN2O3. The van der Waals surface area contributed by atoms with E-state index in [-0.39, 0.29) is 24.9 Å². The van der Waals surface area contributed by atoms with Crippen LogP contribution in [0.3, 0.4) is 0 Å². The second-order valence-electron chi connectivity index (χ2n) is 5.41. The number of benzene rings is 1. The van der Waals surface area contributed by atoms with E-state index in [1.165, 1.54) is 23.1 Å². The fourth-order valence-corrected chi connectivity index (χ4v) is 2.66. The van der Waals surface area contributed by atoms with E-state index >= 15 is 0 Å². The molecule has 120 valence electrons. The standard InChI is InChI=1S/C17H17FN2O3/c18-14-3-4-15-13(8-14)9-16(23-15)17(22)20(6-7-21)11-12-2-1-5-19-10-12/h1-5,8,10,16,21H,6-7,9,11H2. The van der Waals surface area contributed by atoms with Crippen molar-refractivity contribution in [3.05, 3.63) is 59.7 Å². The van der Waals surface area contributed by atoms with Crippen LogP contribution in [0, 0.1) is 5.82 Å². The van der Waals surface area contributed by atoms with Gasteiger partial charge in [-0.3, -0.25) is 9.78 Å². The number of aromatic nitrogens is 1. The molecule has 0 bridgehead atoms. The van der Waals surface area contributed by atoms with Crippen LogP contribution in [-0.2, 0) is 17.8 Å². The van der Waals surface area contributed by atoms with Crippen LogP contribution in [0.1, 0.15) is 11.1 Å². The van der Waals surface area contributed by atoms with Crippen molar-refractivity contribution in [2.24, 2.45) is 0 Å². The molecule has 1 N–H and O–H groups in total. The van der Waals surface area contributed by atoms with Gasteiger partial charge in [0.1, 0.15) is 11.6 Å². The van der Waals surface area contributed by atoms with E-state index in [0.29, 0.717) is 24.3 Å². The van der Waals surface area contributed by atoms with Crippen molar-refractivity contribution in [2.45, 2.75) is 19.1 Å². The Labute approximate surface area is 133 Å². The molecule has 1 atom stereocenters. The molecule has 0 saturated heterocycles. The van der Waals surface area contributed by atoms with E-state index in [2.05, 4.69) is 4.98 Å². The van der Waals surface area contributed by atoms with Crippen molar-refractivity contribution in [2.75, 3.05) is 13.2 Å². The van der Waals surface area contributed by atoms with Gasteiger partial charge in [0.05, 0.1) is 6.61 Å². The molecule has 5 nitrogen and oxygen atoms in total. The molecular weight excluding hydrogens is 299 g/mol. The molecule has 1 aromatic carbocycles. The number of pyridine rings is 1. The summed E-state index contributed by atoms with van der Waals surface area (Å²) in [6.07, 6.45) is 2.99. The van der Waals surface area contributed by atoms with Gasteiger partial charge in [0, 0.05) is 37.5 Å².